The Morgan fingerprint density at radius 1 is 1.00 bits per heavy atom. The second-order valence-corrected chi connectivity index (χ2v) is 5.93. The topological polar surface area (TPSA) is 48.4 Å². The molecule has 4 heteroatoms. The maximum atomic E-state index is 12.5. The summed E-state index contributed by atoms with van der Waals surface area (Å²) in [5, 5.41) is 0. The lowest BCUT2D eigenvalue weighted by Gasteiger charge is -2.12. The standard InChI is InChI=1S/C23H21NO3/c1-3-26-22-16-18(11-13-19-9-6-7-15-24-19)12-14-21(22)27-23(25)20-10-5-4-8-17(20)2/h4-16H,3H2,1-2H3/b13-11+. The second-order valence-electron chi connectivity index (χ2n) is 5.93. The molecule has 1 aromatic heterocycles. The molecule has 27 heavy (non-hydrogen) atoms. The highest BCUT2D eigenvalue weighted by Crippen LogP contribution is 2.30. The van der Waals surface area contributed by atoms with Crippen LogP contribution in [0.4, 0.5) is 0 Å². The van der Waals surface area contributed by atoms with Gasteiger partial charge in [0.2, 0.25) is 0 Å². The number of nitrogens with zero attached hydrogens (tertiary/aromatic N) is 1. The van der Waals surface area contributed by atoms with Crippen molar-refractivity contribution in [3.8, 4) is 11.5 Å². The number of ether oxygens (including phenoxy) is 2. The van der Waals surface area contributed by atoms with Crippen LogP contribution in [0.15, 0.2) is 66.9 Å². The molecule has 0 amide bonds. The zero-order valence-electron chi connectivity index (χ0n) is 15.4. The lowest BCUT2D eigenvalue weighted by atomic mass is 10.1. The Labute approximate surface area is 159 Å². The van der Waals surface area contributed by atoms with Gasteiger partial charge in [0.1, 0.15) is 0 Å². The summed E-state index contributed by atoms with van der Waals surface area (Å²) in [6.07, 6.45) is 5.61. The smallest absolute Gasteiger partial charge is 0.343 e. The first-order valence-corrected chi connectivity index (χ1v) is 8.81. The predicted molar refractivity (Wildman–Crippen MR) is 107 cm³/mol. The van der Waals surface area contributed by atoms with E-state index in [1.807, 2.05) is 74.5 Å². The minimum absolute atomic E-state index is 0.397. The number of pyridine rings is 1. The molecular formula is C23H21NO3. The zero-order valence-corrected chi connectivity index (χ0v) is 15.4. The van der Waals surface area contributed by atoms with Crippen LogP contribution < -0.4 is 9.47 Å². The molecule has 0 aliphatic rings. The molecule has 0 N–H and O–H groups in total. The lowest BCUT2D eigenvalue weighted by Crippen LogP contribution is -2.11. The SMILES string of the molecule is CCOc1cc(/C=C/c2ccccn2)ccc1OC(=O)c1ccccc1C. The van der Waals surface area contributed by atoms with Gasteiger partial charge >= 0.3 is 5.97 Å². The number of benzene rings is 2. The number of carbonyl (C=O) groups is 1. The van der Waals surface area contributed by atoms with E-state index in [1.54, 1.807) is 18.3 Å². The first kappa shape index (κ1) is 18.4. The summed E-state index contributed by atoms with van der Waals surface area (Å²) in [5.74, 6) is 0.536. The van der Waals surface area contributed by atoms with Crippen molar-refractivity contribution in [1.29, 1.82) is 0 Å². The van der Waals surface area contributed by atoms with Crippen molar-refractivity contribution in [1.82, 2.24) is 4.98 Å². The summed E-state index contributed by atoms with van der Waals surface area (Å²) in [7, 11) is 0. The van der Waals surface area contributed by atoms with Gasteiger partial charge in [0.25, 0.3) is 0 Å². The molecule has 0 fully saturated rings. The summed E-state index contributed by atoms with van der Waals surface area (Å²) >= 11 is 0. The van der Waals surface area contributed by atoms with Crippen molar-refractivity contribution in [2.75, 3.05) is 6.61 Å². The molecule has 3 aromatic rings. The van der Waals surface area contributed by atoms with Gasteiger partial charge in [-0.2, -0.15) is 0 Å². The highest BCUT2D eigenvalue weighted by atomic mass is 16.6. The summed E-state index contributed by atoms with van der Waals surface area (Å²) in [5.41, 5.74) is 3.21. The molecule has 0 atom stereocenters. The van der Waals surface area contributed by atoms with E-state index in [4.69, 9.17) is 9.47 Å². The number of esters is 1. The number of carbonyl (C=O) groups excluding carboxylic acids is 1. The molecule has 0 aliphatic carbocycles. The summed E-state index contributed by atoms with van der Waals surface area (Å²) in [6.45, 7) is 4.25. The summed E-state index contributed by atoms with van der Waals surface area (Å²) < 4.78 is 11.3. The number of hydrogen-bond acceptors (Lipinski definition) is 4. The van der Waals surface area contributed by atoms with Gasteiger partial charge in [-0.3, -0.25) is 4.98 Å². The van der Waals surface area contributed by atoms with E-state index in [1.165, 1.54) is 0 Å². The van der Waals surface area contributed by atoms with Gasteiger partial charge in [0.15, 0.2) is 11.5 Å². The third kappa shape index (κ3) is 4.82. The second kappa shape index (κ2) is 8.81. The fraction of sp³-hybridized carbons (Fsp3) is 0.130. The normalized spacial score (nSPS) is 10.7. The minimum Gasteiger partial charge on any atom is -0.490 e. The van der Waals surface area contributed by atoms with Gasteiger partial charge in [-0.15, -0.1) is 0 Å². The molecule has 4 nitrogen and oxygen atoms in total. The first-order valence-electron chi connectivity index (χ1n) is 8.81. The highest BCUT2D eigenvalue weighted by Gasteiger charge is 2.14. The predicted octanol–water partition coefficient (Wildman–Crippen LogP) is 5.18. The van der Waals surface area contributed by atoms with Crippen LogP contribution in [0.1, 0.15) is 34.1 Å². The fourth-order valence-electron chi connectivity index (χ4n) is 2.59. The monoisotopic (exact) mass is 359 g/mol. The van der Waals surface area contributed by atoms with Gasteiger partial charge in [-0.25, -0.2) is 4.79 Å². The molecule has 0 unspecified atom stereocenters. The van der Waals surface area contributed by atoms with Gasteiger partial charge < -0.3 is 9.47 Å². The van der Waals surface area contributed by atoms with Crippen LogP contribution in [0, 0.1) is 6.92 Å². The fourth-order valence-corrected chi connectivity index (χ4v) is 2.59. The Kier molecular flexibility index (Phi) is 6.00. The van der Waals surface area contributed by atoms with E-state index in [9.17, 15) is 4.79 Å². The van der Waals surface area contributed by atoms with Crippen molar-refractivity contribution >= 4 is 18.1 Å². The average molecular weight is 359 g/mol. The van der Waals surface area contributed by atoms with Gasteiger partial charge in [0, 0.05) is 6.20 Å². The Balaban J connectivity index is 1.82. The molecular weight excluding hydrogens is 338 g/mol. The zero-order chi connectivity index (χ0) is 19.1. The minimum atomic E-state index is -0.397. The quantitative estimate of drug-likeness (QED) is 0.449. The maximum absolute atomic E-state index is 12.5. The van der Waals surface area contributed by atoms with Crippen LogP contribution in [0.25, 0.3) is 12.2 Å². The van der Waals surface area contributed by atoms with Crippen molar-refractivity contribution in [3.63, 3.8) is 0 Å². The number of aryl methyl sites for hydroxylation is 1. The van der Waals surface area contributed by atoms with Crippen molar-refractivity contribution in [3.05, 3.63) is 89.2 Å². The summed E-state index contributed by atoms with van der Waals surface area (Å²) in [4.78, 5) is 16.8. The maximum Gasteiger partial charge on any atom is 0.343 e. The molecule has 1 heterocycles. The molecule has 0 saturated carbocycles. The molecule has 2 aromatic carbocycles. The van der Waals surface area contributed by atoms with Crippen molar-refractivity contribution in [2.24, 2.45) is 0 Å². The van der Waals surface area contributed by atoms with E-state index in [0.29, 0.717) is 23.7 Å². The van der Waals surface area contributed by atoms with Crippen LogP contribution in [0.2, 0.25) is 0 Å². The van der Waals surface area contributed by atoms with Crippen LogP contribution in [-0.4, -0.2) is 17.6 Å². The van der Waals surface area contributed by atoms with E-state index in [-0.39, 0.29) is 0 Å². The Bertz CT molecular complexity index is 949. The van der Waals surface area contributed by atoms with Crippen LogP contribution in [0.3, 0.4) is 0 Å². The molecule has 0 spiro atoms. The number of aromatic nitrogens is 1. The van der Waals surface area contributed by atoms with E-state index in [0.717, 1.165) is 16.8 Å². The number of rotatable bonds is 6. The molecule has 0 bridgehead atoms. The van der Waals surface area contributed by atoms with E-state index < -0.39 is 5.97 Å². The Morgan fingerprint density at radius 2 is 1.81 bits per heavy atom. The van der Waals surface area contributed by atoms with Crippen LogP contribution in [-0.2, 0) is 0 Å². The molecule has 0 aliphatic heterocycles. The van der Waals surface area contributed by atoms with E-state index in [2.05, 4.69) is 4.98 Å². The Morgan fingerprint density at radius 3 is 2.56 bits per heavy atom. The molecule has 3 rings (SSSR count). The molecule has 136 valence electrons. The summed E-state index contributed by atoms with van der Waals surface area (Å²) in [6, 6.07) is 18.6. The van der Waals surface area contributed by atoms with Gasteiger partial charge in [-0.1, -0.05) is 36.4 Å². The first-order chi connectivity index (χ1) is 13.2. The lowest BCUT2D eigenvalue weighted by molar-refractivity contribution is 0.0727. The third-order valence-corrected chi connectivity index (χ3v) is 3.97. The number of hydrogen-bond donors (Lipinski definition) is 0. The van der Waals surface area contributed by atoms with Crippen LogP contribution >= 0.6 is 0 Å². The third-order valence-electron chi connectivity index (χ3n) is 3.97. The Hall–Kier alpha value is -3.40. The average Bonchev–Trinajstić information content (AvgIpc) is 2.69. The van der Waals surface area contributed by atoms with Crippen LogP contribution in [0.5, 0.6) is 11.5 Å². The largest absolute Gasteiger partial charge is 0.490 e. The molecule has 0 radical (unpaired) electrons. The van der Waals surface area contributed by atoms with E-state index >= 15 is 0 Å². The van der Waals surface area contributed by atoms with Gasteiger partial charge in [0.05, 0.1) is 17.9 Å². The van der Waals surface area contributed by atoms with Gasteiger partial charge in [-0.05, 0) is 61.4 Å². The van der Waals surface area contributed by atoms with Crippen molar-refractivity contribution in [2.45, 2.75) is 13.8 Å². The molecule has 0 saturated heterocycles. The highest BCUT2D eigenvalue weighted by molar-refractivity contribution is 5.92. The van der Waals surface area contributed by atoms with Crippen molar-refractivity contribution < 1.29 is 14.3 Å².